The minimum absolute atomic E-state index is 1.10. The van der Waals surface area contributed by atoms with Gasteiger partial charge in [-0.2, -0.15) is 0 Å². The smallest absolute Gasteiger partial charge is 0.0546 e. The van der Waals surface area contributed by atoms with Crippen LogP contribution in [0, 0.1) is 0 Å². The molecule has 0 aromatic heterocycles. The van der Waals surface area contributed by atoms with Gasteiger partial charge in [-0.1, -0.05) is 170 Å². The van der Waals surface area contributed by atoms with Gasteiger partial charge < -0.3 is 4.90 Å². The Hall–Kier alpha value is -6.96. The highest BCUT2D eigenvalue weighted by molar-refractivity contribution is 6.03. The van der Waals surface area contributed by atoms with Crippen LogP contribution in [0.1, 0.15) is 0 Å². The number of hydrogen-bond acceptors (Lipinski definition) is 1. The van der Waals surface area contributed by atoms with E-state index in [1.807, 2.05) is 0 Å². The van der Waals surface area contributed by atoms with Gasteiger partial charge in [0.25, 0.3) is 0 Å². The minimum atomic E-state index is 1.10. The van der Waals surface area contributed by atoms with Gasteiger partial charge in [0.2, 0.25) is 0 Å². The van der Waals surface area contributed by atoms with E-state index >= 15 is 0 Å². The molecule has 0 bridgehead atoms. The maximum absolute atomic E-state index is 2.47. The largest absolute Gasteiger partial charge is 0.309 e. The summed E-state index contributed by atoms with van der Waals surface area (Å²) in [4.78, 5) is 2.47. The van der Waals surface area contributed by atoms with Crippen molar-refractivity contribution in [3.8, 4) is 33.4 Å². The first-order valence-corrected chi connectivity index (χ1v) is 18.2. The Bertz CT molecular complexity index is 2970. The first-order valence-electron chi connectivity index (χ1n) is 18.2. The maximum atomic E-state index is 2.47. The van der Waals surface area contributed by atoms with E-state index in [4.69, 9.17) is 0 Å². The minimum Gasteiger partial charge on any atom is -0.309 e. The first kappa shape index (κ1) is 30.8. The maximum Gasteiger partial charge on any atom is 0.0546 e. The number of hydrogen-bond donors (Lipinski definition) is 0. The summed E-state index contributed by atoms with van der Waals surface area (Å²) in [7, 11) is 0. The predicted molar refractivity (Wildman–Crippen MR) is 227 cm³/mol. The van der Waals surface area contributed by atoms with Crippen molar-refractivity contribution in [2.24, 2.45) is 0 Å². The van der Waals surface area contributed by atoms with Gasteiger partial charge in [0, 0.05) is 16.6 Å². The second-order valence-corrected chi connectivity index (χ2v) is 13.8. The van der Waals surface area contributed by atoms with E-state index in [-0.39, 0.29) is 0 Å². The molecule has 0 amide bonds. The highest BCUT2D eigenvalue weighted by atomic mass is 15.1. The molecule has 1 heteroatoms. The molecule has 10 aromatic carbocycles. The molecule has 0 aliphatic heterocycles. The van der Waals surface area contributed by atoms with E-state index in [0.717, 1.165) is 17.1 Å². The van der Waals surface area contributed by atoms with Crippen LogP contribution in [0.5, 0.6) is 0 Å². The van der Waals surface area contributed by atoms with Crippen molar-refractivity contribution in [1.29, 1.82) is 0 Å². The summed E-state index contributed by atoms with van der Waals surface area (Å²) in [5.41, 5.74) is 10.5. The lowest BCUT2D eigenvalue weighted by Gasteiger charge is -2.30. The number of rotatable bonds is 6. The van der Waals surface area contributed by atoms with Crippen LogP contribution in [0.4, 0.5) is 17.1 Å². The molecule has 0 spiro atoms. The average Bonchev–Trinajstić information content (AvgIpc) is 3.23. The topological polar surface area (TPSA) is 3.24 Å². The van der Waals surface area contributed by atoms with Gasteiger partial charge in [-0.05, 0) is 108 Å². The van der Waals surface area contributed by atoms with Crippen LogP contribution in [0.3, 0.4) is 0 Å². The van der Waals surface area contributed by atoms with Gasteiger partial charge in [-0.3, -0.25) is 0 Å². The lowest BCUT2D eigenvalue weighted by molar-refractivity contribution is 1.30. The second kappa shape index (κ2) is 13.0. The van der Waals surface area contributed by atoms with Crippen LogP contribution in [-0.4, -0.2) is 0 Å². The second-order valence-electron chi connectivity index (χ2n) is 13.8. The Morgan fingerprint density at radius 3 is 1.34 bits per heavy atom. The molecule has 0 radical (unpaired) electrons. The van der Waals surface area contributed by atoms with Gasteiger partial charge in [-0.15, -0.1) is 0 Å². The lowest BCUT2D eigenvalue weighted by Crippen LogP contribution is -2.12. The molecule has 0 unspecified atom stereocenters. The normalized spacial score (nSPS) is 11.4. The van der Waals surface area contributed by atoms with Gasteiger partial charge in [0.1, 0.15) is 0 Å². The fourth-order valence-corrected chi connectivity index (χ4v) is 7.87. The van der Waals surface area contributed by atoms with E-state index in [1.165, 1.54) is 76.5 Å². The summed E-state index contributed by atoms with van der Waals surface area (Å²) in [5, 5.41) is 9.83. The first-order chi connectivity index (χ1) is 26.2. The molecule has 10 aromatic rings. The van der Waals surface area contributed by atoms with E-state index in [2.05, 4.69) is 217 Å². The van der Waals surface area contributed by atoms with Crippen LogP contribution in [0.2, 0.25) is 0 Å². The molecule has 1 nitrogen and oxygen atoms in total. The van der Waals surface area contributed by atoms with Crippen LogP contribution >= 0.6 is 0 Å². The van der Waals surface area contributed by atoms with Crippen molar-refractivity contribution >= 4 is 60.2 Å². The third-order valence-electron chi connectivity index (χ3n) is 10.6. The summed E-state index contributed by atoms with van der Waals surface area (Å²) in [5.74, 6) is 0. The molecule has 248 valence electrons. The Morgan fingerprint density at radius 1 is 0.245 bits per heavy atom. The summed E-state index contributed by atoms with van der Waals surface area (Å²) in [6, 6.07) is 77.6. The quantitative estimate of drug-likeness (QED) is 0.170. The fraction of sp³-hybridized carbons (Fsp3) is 0. The summed E-state index contributed by atoms with van der Waals surface area (Å²) in [6.07, 6.45) is 0. The van der Waals surface area contributed by atoms with Crippen LogP contribution in [0.15, 0.2) is 212 Å². The Labute approximate surface area is 309 Å². The molecular formula is C52H35N. The molecule has 0 saturated carbocycles. The van der Waals surface area contributed by atoms with Crippen LogP contribution < -0.4 is 4.90 Å². The average molecular weight is 674 g/mol. The summed E-state index contributed by atoms with van der Waals surface area (Å²) < 4.78 is 0. The molecule has 0 saturated heterocycles. The molecule has 0 aliphatic rings. The Kier molecular flexibility index (Phi) is 7.55. The van der Waals surface area contributed by atoms with E-state index < -0.39 is 0 Å². The van der Waals surface area contributed by atoms with Gasteiger partial charge in [0.05, 0.1) is 11.4 Å². The zero-order chi connectivity index (χ0) is 35.1. The number of anilines is 3. The monoisotopic (exact) mass is 673 g/mol. The molecule has 0 atom stereocenters. The van der Waals surface area contributed by atoms with E-state index in [9.17, 15) is 0 Å². The highest BCUT2D eigenvalue weighted by Crippen LogP contribution is 2.46. The Balaban J connectivity index is 1.24. The number of nitrogens with zero attached hydrogens (tertiary/aromatic N) is 1. The molecule has 0 N–H and O–H groups in total. The standard InChI is InChI=1S/C52H35N/c1-4-15-40-31-44(26-23-36(40)11-1)43-19-9-20-48(34-43)53(51-22-10-18-39-14-7-8-21-49(39)51)52-35-46(45-27-24-37-12-2-5-16-41(37)32-45)29-30-50(52)47-28-25-38-13-3-6-17-42(38)33-47/h1-35H. The lowest BCUT2D eigenvalue weighted by atomic mass is 9.94. The molecule has 10 rings (SSSR count). The molecule has 0 aliphatic carbocycles. The van der Waals surface area contributed by atoms with Crippen molar-refractivity contribution in [1.82, 2.24) is 0 Å². The number of fused-ring (bicyclic) bond motifs is 4. The van der Waals surface area contributed by atoms with E-state index in [0.29, 0.717) is 0 Å². The summed E-state index contributed by atoms with van der Waals surface area (Å²) in [6.45, 7) is 0. The molecular weight excluding hydrogens is 639 g/mol. The van der Waals surface area contributed by atoms with Crippen molar-refractivity contribution in [3.05, 3.63) is 212 Å². The molecule has 0 fully saturated rings. The van der Waals surface area contributed by atoms with Crippen LogP contribution in [0.25, 0.3) is 76.5 Å². The zero-order valence-electron chi connectivity index (χ0n) is 29.2. The predicted octanol–water partition coefficient (Wildman–Crippen LogP) is 14.8. The highest BCUT2D eigenvalue weighted by Gasteiger charge is 2.21. The zero-order valence-corrected chi connectivity index (χ0v) is 29.2. The third kappa shape index (κ3) is 5.69. The SMILES string of the molecule is c1cc(-c2ccc3ccccc3c2)cc(N(c2cc(-c3ccc4ccccc4c3)ccc2-c2ccc3ccccc3c2)c2cccc3ccccc23)c1. The van der Waals surface area contributed by atoms with Crippen LogP contribution in [-0.2, 0) is 0 Å². The number of benzene rings is 10. The van der Waals surface area contributed by atoms with Crippen molar-refractivity contribution in [2.45, 2.75) is 0 Å². The van der Waals surface area contributed by atoms with Crippen molar-refractivity contribution in [3.63, 3.8) is 0 Å². The van der Waals surface area contributed by atoms with Gasteiger partial charge in [0.15, 0.2) is 0 Å². The van der Waals surface area contributed by atoms with Gasteiger partial charge in [-0.25, -0.2) is 0 Å². The third-order valence-corrected chi connectivity index (χ3v) is 10.6. The van der Waals surface area contributed by atoms with Crippen molar-refractivity contribution in [2.75, 3.05) is 4.90 Å². The molecule has 53 heavy (non-hydrogen) atoms. The summed E-state index contributed by atoms with van der Waals surface area (Å²) >= 11 is 0. The molecule has 0 heterocycles. The Morgan fingerprint density at radius 2 is 0.698 bits per heavy atom. The van der Waals surface area contributed by atoms with E-state index in [1.54, 1.807) is 0 Å². The van der Waals surface area contributed by atoms with Crippen molar-refractivity contribution < 1.29 is 0 Å². The fourth-order valence-electron chi connectivity index (χ4n) is 7.87. The van der Waals surface area contributed by atoms with Gasteiger partial charge >= 0.3 is 0 Å².